The number of amides is 1. The minimum absolute atomic E-state index is 0.00814. The summed E-state index contributed by atoms with van der Waals surface area (Å²) in [6.45, 7) is 14.8. The van der Waals surface area contributed by atoms with Crippen molar-refractivity contribution in [3.63, 3.8) is 0 Å². The van der Waals surface area contributed by atoms with Gasteiger partial charge in [-0.25, -0.2) is 4.79 Å². The molecule has 12 nitrogen and oxygen atoms in total. The lowest BCUT2D eigenvalue weighted by Gasteiger charge is -2.24. The van der Waals surface area contributed by atoms with E-state index < -0.39 is 0 Å². The van der Waals surface area contributed by atoms with E-state index in [1.54, 1.807) is 0 Å². The predicted octanol–water partition coefficient (Wildman–Crippen LogP) is 10.1. The van der Waals surface area contributed by atoms with Gasteiger partial charge in [0.1, 0.15) is 33.0 Å². The van der Waals surface area contributed by atoms with Gasteiger partial charge in [-0.3, -0.25) is 4.79 Å². The van der Waals surface area contributed by atoms with Crippen LogP contribution in [-0.4, -0.2) is 96.1 Å². The average Bonchev–Trinajstić information content (AvgIpc) is 3.34. The van der Waals surface area contributed by atoms with Crippen LogP contribution in [0.25, 0.3) is 0 Å². The van der Waals surface area contributed by atoms with Crippen molar-refractivity contribution in [1.29, 1.82) is 0 Å². The lowest BCUT2D eigenvalue weighted by molar-refractivity contribution is 0.0223. The molecule has 1 heterocycles. The molecule has 0 saturated heterocycles. The Labute approximate surface area is 406 Å². The van der Waals surface area contributed by atoms with E-state index in [2.05, 4.69) is 32.0 Å². The monoisotopic (exact) mass is 939 g/mol. The number of carbonyl (C=O) groups is 2. The maximum Gasteiger partial charge on any atom is 0.338 e. The highest BCUT2D eigenvalue weighted by atomic mass is 16.6. The highest BCUT2D eigenvalue weighted by Crippen LogP contribution is 2.27. The first kappa shape index (κ1) is 51.7. The van der Waals surface area contributed by atoms with Gasteiger partial charge in [-0.2, -0.15) is 0 Å². The van der Waals surface area contributed by atoms with E-state index in [0.29, 0.717) is 126 Å². The molecule has 0 bridgehead atoms. The van der Waals surface area contributed by atoms with Gasteiger partial charge in [0.15, 0.2) is 23.0 Å². The number of benzene rings is 6. The third-order valence-electron chi connectivity index (χ3n) is 10.6. The number of aryl methyl sites for hydroxylation is 4. The van der Waals surface area contributed by atoms with Crippen LogP contribution < -0.4 is 18.9 Å². The summed E-state index contributed by atoms with van der Waals surface area (Å²) >= 11 is 0. The summed E-state index contributed by atoms with van der Waals surface area (Å²) < 4.78 is 50.9. The molecule has 1 amide bonds. The molecule has 6 aromatic carbocycles. The third kappa shape index (κ3) is 18.4. The maximum atomic E-state index is 13.4. The number of para-hydroxylation sites is 4. The SMILES string of the molecule is Cc1cc(C)cc(CN(Cc2ccc(COC(=O)c3cc(C)cc(C)c3)cc2)C(=O)c2ccccc2)c1.c1ccc2c(c1)OCCOCCOCCOc1ccccc1OCCOCCOCCO2. The van der Waals surface area contributed by atoms with Crippen molar-refractivity contribution >= 4 is 11.9 Å². The quantitative estimate of drug-likeness (QED) is 0.136. The van der Waals surface area contributed by atoms with Crippen LogP contribution in [0.5, 0.6) is 23.0 Å². The Bertz CT molecular complexity index is 2310. The zero-order valence-corrected chi connectivity index (χ0v) is 40.3. The minimum Gasteiger partial charge on any atom is -0.487 e. The molecular weight excluding hydrogens is 875 g/mol. The molecule has 7 rings (SSSR count). The van der Waals surface area contributed by atoms with Crippen LogP contribution in [0.2, 0.25) is 0 Å². The first-order valence-electron chi connectivity index (χ1n) is 23.4. The fraction of sp³-hybridized carbons (Fsp3) is 0.333. The van der Waals surface area contributed by atoms with Gasteiger partial charge in [-0.1, -0.05) is 113 Å². The summed E-state index contributed by atoms with van der Waals surface area (Å²) in [5.74, 6) is 2.39. The van der Waals surface area contributed by atoms with Crippen LogP contribution in [0.4, 0.5) is 0 Å². The second kappa shape index (κ2) is 28.6. The second-order valence-corrected chi connectivity index (χ2v) is 16.5. The second-order valence-electron chi connectivity index (χ2n) is 16.5. The van der Waals surface area contributed by atoms with Gasteiger partial charge < -0.3 is 47.5 Å². The normalized spacial score (nSPS) is 14.2. The fourth-order valence-corrected chi connectivity index (χ4v) is 7.49. The highest BCUT2D eigenvalue weighted by Gasteiger charge is 2.18. The van der Waals surface area contributed by atoms with Gasteiger partial charge in [0.25, 0.3) is 5.91 Å². The fourth-order valence-electron chi connectivity index (χ4n) is 7.49. The predicted molar refractivity (Wildman–Crippen MR) is 266 cm³/mol. The van der Waals surface area contributed by atoms with E-state index in [9.17, 15) is 9.59 Å². The third-order valence-corrected chi connectivity index (χ3v) is 10.6. The van der Waals surface area contributed by atoms with E-state index in [1.807, 2.05) is 140 Å². The molecule has 0 spiro atoms. The Hall–Kier alpha value is -6.70. The van der Waals surface area contributed by atoms with E-state index in [0.717, 1.165) is 27.8 Å². The van der Waals surface area contributed by atoms with Crippen LogP contribution in [0, 0.1) is 27.7 Å². The van der Waals surface area contributed by atoms with Crippen LogP contribution in [0.3, 0.4) is 0 Å². The molecule has 0 aromatic heterocycles. The number of nitrogens with zero attached hydrogens (tertiary/aromatic N) is 1. The van der Waals surface area contributed by atoms with Gasteiger partial charge in [-0.15, -0.1) is 0 Å². The molecule has 0 N–H and O–H groups in total. The zero-order chi connectivity index (χ0) is 48.5. The van der Waals surface area contributed by atoms with Crippen LogP contribution in [0.15, 0.2) is 140 Å². The zero-order valence-electron chi connectivity index (χ0n) is 40.3. The Morgan fingerprint density at radius 2 is 0.768 bits per heavy atom. The van der Waals surface area contributed by atoms with Crippen LogP contribution >= 0.6 is 0 Å². The molecule has 0 radical (unpaired) electrons. The lowest BCUT2D eigenvalue weighted by atomic mass is 10.1. The molecular formula is C57H65NO11. The van der Waals surface area contributed by atoms with Crippen molar-refractivity contribution in [2.75, 3.05) is 79.3 Å². The van der Waals surface area contributed by atoms with Crippen molar-refractivity contribution in [2.24, 2.45) is 0 Å². The Kier molecular flexibility index (Phi) is 21.4. The summed E-state index contributed by atoms with van der Waals surface area (Å²) in [5, 5.41) is 0. The molecule has 0 saturated carbocycles. The Morgan fingerprint density at radius 1 is 0.406 bits per heavy atom. The van der Waals surface area contributed by atoms with Gasteiger partial charge in [0.05, 0.1) is 58.4 Å². The van der Waals surface area contributed by atoms with Gasteiger partial charge in [0, 0.05) is 18.7 Å². The van der Waals surface area contributed by atoms with Gasteiger partial charge in [-0.05, 0) is 92.9 Å². The topological polar surface area (TPSA) is 120 Å². The number of rotatable bonds is 8. The number of hydrogen-bond donors (Lipinski definition) is 0. The summed E-state index contributed by atoms with van der Waals surface area (Å²) in [7, 11) is 0. The minimum atomic E-state index is -0.330. The Balaban J connectivity index is 0.000000229. The van der Waals surface area contributed by atoms with Gasteiger partial charge >= 0.3 is 5.97 Å². The summed E-state index contributed by atoms with van der Waals surface area (Å²) in [6.07, 6.45) is 0. The average molecular weight is 940 g/mol. The smallest absolute Gasteiger partial charge is 0.338 e. The molecule has 1 aliphatic heterocycles. The number of fused-ring (bicyclic) bond motifs is 2. The number of hydrogen-bond acceptors (Lipinski definition) is 11. The first-order valence-corrected chi connectivity index (χ1v) is 23.4. The highest BCUT2D eigenvalue weighted by molar-refractivity contribution is 5.94. The van der Waals surface area contributed by atoms with Crippen molar-refractivity contribution < 1.29 is 52.2 Å². The molecule has 0 unspecified atom stereocenters. The van der Waals surface area contributed by atoms with Crippen molar-refractivity contribution in [3.8, 4) is 23.0 Å². The molecule has 0 atom stereocenters. The number of carbonyl (C=O) groups excluding carboxylic acids is 2. The standard InChI is InChI=1S/C33H33NO3.C24H32O8/c1-23-14-24(2)17-29(16-23)21-34(32(35)30-8-6-5-7-9-30)20-27-10-12-28(13-11-27)22-37-33(36)31-18-25(3)15-26(4)19-31;1-2-6-22-21(5-1)29-17-13-25-9-10-27-15-19-31-23-7-3-4-8-24(23)32-20-16-28-12-11-26-14-18-30-22/h5-19H,20-22H2,1-4H3;1-8H,9-20H2. The molecule has 1 aliphatic rings. The molecule has 12 heteroatoms. The number of ether oxygens (including phenoxy) is 9. The van der Waals surface area contributed by atoms with Crippen molar-refractivity contribution in [3.05, 3.63) is 190 Å². The van der Waals surface area contributed by atoms with Crippen molar-refractivity contribution in [1.82, 2.24) is 4.90 Å². The van der Waals surface area contributed by atoms with Crippen LogP contribution in [-0.2, 0) is 43.4 Å². The van der Waals surface area contributed by atoms with E-state index in [1.165, 1.54) is 11.1 Å². The van der Waals surface area contributed by atoms with Crippen molar-refractivity contribution in [2.45, 2.75) is 47.4 Å². The van der Waals surface area contributed by atoms with E-state index in [-0.39, 0.29) is 18.5 Å². The largest absolute Gasteiger partial charge is 0.487 e. The lowest BCUT2D eigenvalue weighted by Crippen LogP contribution is -2.30. The maximum absolute atomic E-state index is 13.4. The molecule has 69 heavy (non-hydrogen) atoms. The molecule has 364 valence electrons. The van der Waals surface area contributed by atoms with E-state index >= 15 is 0 Å². The molecule has 6 aromatic rings. The summed E-state index contributed by atoms with van der Waals surface area (Å²) in [5.41, 5.74) is 8.69. The molecule has 0 aliphatic carbocycles. The number of esters is 1. The van der Waals surface area contributed by atoms with Gasteiger partial charge in [0.2, 0.25) is 0 Å². The molecule has 0 fully saturated rings. The summed E-state index contributed by atoms with van der Waals surface area (Å²) in [6, 6.07) is 44.5. The summed E-state index contributed by atoms with van der Waals surface area (Å²) in [4.78, 5) is 27.8. The van der Waals surface area contributed by atoms with Crippen LogP contribution in [0.1, 0.15) is 59.7 Å². The first-order chi connectivity index (χ1) is 33.7. The van der Waals surface area contributed by atoms with E-state index in [4.69, 9.17) is 42.6 Å². The Morgan fingerprint density at radius 3 is 1.20 bits per heavy atom.